The third-order valence-corrected chi connectivity index (χ3v) is 12.1. The van der Waals surface area contributed by atoms with Crippen LogP contribution in [0.15, 0.2) is 59.9 Å². The molecule has 13 nitrogen and oxygen atoms in total. The van der Waals surface area contributed by atoms with E-state index >= 15 is 0 Å². The molecule has 4 aliphatic heterocycles. The number of likely N-dealkylation sites (tertiary alicyclic amines) is 1. The fraction of sp³-hybridized carbons (Fsp3) is 0.341. The number of nitrogens with one attached hydrogen (secondary N) is 3. The third kappa shape index (κ3) is 7.37. The van der Waals surface area contributed by atoms with Crippen LogP contribution in [-0.4, -0.2) is 93.0 Å². The number of halogens is 1. The van der Waals surface area contributed by atoms with E-state index in [4.69, 9.17) is 32.1 Å². The molecule has 1 unspecified atom stereocenters. The van der Waals surface area contributed by atoms with Crippen LogP contribution in [0, 0.1) is 29.6 Å². The SMILES string of the molecule is CC(=N)N1C(=N)CN=C(c2ccc(Cl)cc2)c2c1sc(C#Cc1cnn(CCN3CCC(Oc4cccc5c4CN(C4CCC(=O)NC4=O)C5=O)CC3)c1)c2C. The Kier molecular flexibility index (Phi) is 10.3. The molecule has 0 bridgehead atoms. The van der Waals surface area contributed by atoms with Crippen LogP contribution in [0.1, 0.15) is 75.7 Å². The molecule has 56 heavy (non-hydrogen) atoms. The summed E-state index contributed by atoms with van der Waals surface area (Å²) in [6, 6.07) is 12.3. The maximum absolute atomic E-state index is 13.2. The van der Waals surface area contributed by atoms with E-state index in [9.17, 15) is 14.4 Å². The normalized spacial score (nSPS) is 18.8. The van der Waals surface area contributed by atoms with Gasteiger partial charge in [0.2, 0.25) is 11.8 Å². The number of amides is 3. The summed E-state index contributed by atoms with van der Waals surface area (Å²) in [4.78, 5) is 48.6. The van der Waals surface area contributed by atoms with Crippen LogP contribution in [0.5, 0.6) is 5.75 Å². The number of nitrogens with zero attached hydrogens (tertiary/aromatic N) is 6. The van der Waals surface area contributed by atoms with Gasteiger partial charge >= 0.3 is 0 Å². The molecule has 286 valence electrons. The fourth-order valence-corrected chi connectivity index (χ4v) is 9.07. The van der Waals surface area contributed by atoms with E-state index in [1.54, 1.807) is 29.0 Å². The van der Waals surface area contributed by atoms with Gasteiger partial charge in [0.15, 0.2) is 0 Å². The first-order valence-corrected chi connectivity index (χ1v) is 19.8. The van der Waals surface area contributed by atoms with Gasteiger partial charge in [0, 0.05) is 59.5 Å². The number of rotatable bonds is 7. The summed E-state index contributed by atoms with van der Waals surface area (Å²) in [5.41, 5.74) is 5.62. The lowest BCUT2D eigenvalue weighted by Crippen LogP contribution is -2.52. The molecular formula is C41H40ClN9O4S. The number of hydrogen-bond acceptors (Lipinski definition) is 10. The number of amidine groups is 2. The highest BCUT2D eigenvalue weighted by atomic mass is 35.5. The van der Waals surface area contributed by atoms with E-state index in [0.717, 1.165) is 75.9 Å². The number of aliphatic imine (C=N–C) groups is 1. The lowest BCUT2D eigenvalue weighted by molar-refractivity contribution is -0.136. The number of imide groups is 1. The Morgan fingerprint density at radius 1 is 1.07 bits per heavy atom. The predicted molar refractivity (Wildman–Crippen MR) is 215 cm³/mol. The molecule has 0 spiro atoms. The van der Waals surface area contributed by atoms with Crippen LogP contribution >= 0.6 is 22.9 Å². The first-order valence-electron chi connectivity index (χ1n) is 18.6. The van der Waals surface area contributed by atoms with Crippen molar-refractivity contribution in [3.63, 3.8) is 0 Å². The minimum absolute atomic E-state index is 0.00831. The molecule has 1 atom stereocenters. The molecule has 15 heteroatoms. The highest BCUT2D eigenvalue weighted by molar-refractivity contribution is 7.17. The first kappa shape index (κ1) is 37.3. The van der Waals surface area contributed by atoms with Crippen LogP contribution in [0.4, 0.5) is 5.00 Å². The number of carbonyl (C=O) groups is 3. The summed E-state index contributed by atoms with van der Waals surface area (Å²) in [6.07, 6.45) is 5.96. The number of ether oxygens (including phenoxy) is 1. The summed E-state index contributed by atoms with van der Waals surface area (Å²) in [5, 5.41) is 25.4. The predicted octanol–water partition coefficient (Wildman–Crippen LogP) is 5.24. The second-order valence-electron chi connectivity index (χ2n) is 14.4. The number of fused-ring (bicyclic) bond motifs is 2. The standard InChI is InChI=1S/C41H40ClN9O4S/c1-24-34(56-41-37(24)38(27-7-9-28(42)10-8-27)45-21-35(44)51(41)25(2)43)12-6-26-20-46-49(22-26)19-18-48-16-14-29(15-17-48)55-33-5-3-4-30-31(33)23-50(40(30)54)32-11-13-36(52)47-39(32)53/h3-5,7-10,20,22,29,32,43-44H,11,13-19,21,23H2,1-2H3,(H,47,52,53). The van der Waals surface area contributed by atoms with Gasteiger partial charge in [-0.05, 0) is 62.9 Å². The molecule has 2 fully saturated rings. The first-order chi connectivity index (χ1) is 27.0. The van der Waals surface area contributed by atoms with Crippen molar-refractivity contribution in [1.82, 2.24) is 24.9 Å². The molecular weight excluding hydrogens is 750 g/mol. The Balaban J connectivity index is 0.882. The van der Waals surface area contributed by atoms with Crippen molar-refractivity contribution in [3.05, 3.63) is 98.1 Å². The van der Waals surface area contributed by atoms with Gasteiger partial charge in [0.05, 0.1) is 42.0 Å². The van der Waals surface area contributed by atoms with Crippen LogP contribution in [0.25, 0.3) is 0 Å². The molecule has 4 aromatic rings. The highest BCUT2D eigenvalue weighted by Gasteiger charge is 2.40. The monoisotopic (exact) mass is 789 g/mol. The van der Waals surface area contributed by atoms with E-state index in [2.05, 4.69) is 27.2 Å². The van der Waals surface area contributed by atoms with E-state index < -0.39 is 11.9 Å². The molecule has 4 aliphatic rings. The average Bonchev–Trinajstić information content (AvgIpc) is 3.84. The topological polar surface area (TPSA) is 160 Å². The average molecular weight is 790 g/mol. The minimum atomic E-state index is -0.659. The summed E-state index contributed by atoms with van der Waals surface area (Å²) in [7, 11) is 0. The zero-order chi connectivity index (χ0) is 39.1. The van der Waals surface area contributed by atoms with Crippen molar-refractivity contribution in [2.75, 3.05) is 31.1 Å². The molecule has 0 aliphatic carbocycles. The van der Waals surface area contributed by atoms with Gasteiger partial charge in [-0.2, -0.15) is 5.10 Å². The van der Waals surface area contributed by atoms with E-state index in [1.807, 2.05) is 54.2 Å². The minimum Gasteiger partial charge on any atom is -0.490 e. The van der Waals surface area contributed by atoms with Gasteiger partial charge in [-0.3, -0.25) is 45.1 Å². The number of thiophene rings is 1. The molecule has 6 heterocycles. The number of aromatic nitrogens is 2. The largest absolute Gasteiger partial charge is 0.490 e. The zero-order valence-corrected chi connectivity index (χ0v) is 32.6. The molecule has 3 amide bonds. The maximum atomic E-state index is 13.2. The summed E-state index contributed by atoms with van der Waals surface area (Å²) in [6.45, 7) is 7.40. The van der Waals surface area contributed by atoms with Gasteiger partial charge in [0.1, 0.15) is 34.6 Å². The molecule has 0 saturated carbocycles. The quantitative estimate of drug-likeness (QED) is 0.1000. The number of carbonyl (C=O) groups excluding carboxylic acids is 3. The summed E-state index contributed by atoms with van der Waals surface area (Å²) >= 11 is 7.64. The van der Waals surface area contributed by atoms with Crippen molar-refractivity contribution in [2.45, 2.75) is 64.8 Å². The second-order valence-corrected chi connectivity index (χ2v) is 15.8. The molecule has 2 aromatic heterocycles. The van der Waals surface area contributed by atoms with E-state index in [1.165, 1.54) is 11.3 Å². The zero-order valence-electron chi connectivity index (χ0n) is 31.0. The van der Waals surface area contributed by atoms with Crippen LogP contribution in [0.2, 0.25) is 5.02 Å². The van der Waals surface area contributed by atoms with E-state index in [-0.39, 0.29) is 49.1 Å². The van der Waals surface area contributed by atoms with Crippen LogP contribution < -0.4 is 15.0 Å². The van der Waals surface area contributed by atoms with Gasteiger partial charge in [-0.25, -0.2) is 0 Å². The van der Waals surface area contributed by atoms with Crippen LogP contribution in [0.3, 0.4) is 0 Å². The summed E-state index contributed by atoms with van der Waals surface area (Å²) in [5.74, 6) is 6.86. The van der Waals surface area contributed by atoms with Gasteiger partial charge in [-0.15, -0.1) is 11.3 Å². The molecule has 3 N–H and O–H groups in total. The lowest BCUT2D eigenvalue weighted by Gasteiger charge is -2.32. The van der Waals surface area contributed by atoms with E-state index in [0.29, 0.717) is 29.3 Å². The number of benzene rings is 2. The molecule has 0 radical (unpaired) electrons. The van der Waals surface area contributed by atoms with Crippen LogP contribution in [-0.2, 0) is 22.7 Å². The number of hydrogen-bond donors (Lipinski definition) is 3. The van der Waals surface area contributed by atoms with Crippen molar-refractivity contribution in [3.8, 4) is 17.6 Å². The number of anilines is 1. The Hall–Kier alpha value is -5.62. The van der Waals surface area contributed by atoms with Gasteiger partial charge in [0.25, 0.3) is 5.91 Å². The maximum Gasteiger partial charge on any atom is 0.255 e. The Morgan fingerprint density at radius 2 is 1.86 bits per heavy atom. The van der Waals surface area contributed by atoms with Gasteiger partial charge < -0.3 is 14.5 Å². The Bertz CT molecular complexity index is 2360. The van der Waals surface area contributed by atoms with Crippen molar-refractivity contribution in [2.24, 2.45) is 4.99 Å². The van der Waals surface area contributed by atoms with Crippen molar-refractivity contribution >= 4 is 63.0 Å². The lowest BCUT2D eigenvalue weighted by atomic mass is 9.99. The van der Waals surface area contributed by atoms with Crippen molar-refractivity contribution in [1.29, 1.82) is 10.8 Å². The Morgan fingerprint density at radius 3 is 2.61 bits per heavy atom. The Labute approximate surface area is 333 Å². The molecule has 8 rings (SSSR count). The van der Waals surface area contributed by atoms with Gasteiger partial charge in [-0.1, -0.05) is 41.6 Å². The smallest absolute Gasteiger partial charge is 0.255 e. The molecule has 2 aromatic carbocycles. The van der Waals surface area contributed by atoms with Crippen molar-refractivity contribution < 1.29 is 19.1 Å². The third-order valence-electron chi connectivity index (χ3n) is 10.6. The summed E-state index contributed by atoms with van der Waals surface area (Å²) < 4.78 is 8.38. The fourth-order valence-electron chi connectivity index (χ4n) is 7.70. The number of piperidine rings is 2. The second kappa shape index (κ2) is 15.5. The highest BCUT2D eigenvalue weighted by Crippen LogP contribution is 2.39. The molecule has 2 saturated heterocycles.